The zero-order chi connectivity index (χ0) is 26.9. The van der Waals surface area contributed by atoms with Gasteiger partial charge in [0.15, 0.2) is 0 Å². The van der Waals surface area contributed by atoms with E-state index in [4.69, 9.17) is 10.8 Å². The van der Waals surface area contributed by atoms with E-state index in [0.29, 0.717) is 12.1 Å². The summed E-state index contributed by atoms with van der Waals surface area (Å²) in [4.78, 5) is 59.8. The number of para-hydroxylation sites is 1. The van der Waals surface area contributed by atoms with Crippen LogP contribution in [0.25, 0.3) is 10.9 Å². The second kappa shape index (κ2) is 12.7. The van der Waals surface area contributed by atoms with Gasteiger partial charge in [-0.25, -0.2) is 4.98 Å². The van der Waals surface area contributed by atoms with E-state index in [-0.39, 0.29) is 18.8 Å². The molecule has 3 rings (SSSR count). The molecule has 0 aliphatic heterocycles. The summed E-state index contributed by atoms with van der Waals surface area (Å²) in [7, 11) is 0. The van der Waals surface area contributed by atoms with Crippen LogP contribution in [-0.2, 0) is 32.0 Å². The molecule has 0 aliphatic rings. The first-order chi connectivity index (χ1) is 17.7. The Morgan fingerprint density at radius 2 is 1.81 bits per heavy atom. The van der Waals surface area contributed by atoms with Gasteiger partial charge in [-0.15, -0.1) is 0 Å². The molecule has 198 valence electrons. The smallest absolute Gasteiger partial charge is 0.322 e. The monoisotopic (exact) mass is 511 g/mol. The van der Waals surface area contributed by atoms with Crippen LogP contribution < -0.4 is 21.7 Å². The number of carboxylic acids is 1. The van der Waals surface area contributed by atoms with Gasteiger partial charge >= 0.3 is 5.97 Å². The average molecular weight is 512 g/mol. The molecule has 12 heteroatoms. The van der Waals surface area contributed by atoms with Crippen LogP contribution in [0.4, 0.5) is 0 Å². The predicted octanol–water partition coefficient (Wildman–Crippen LogP) is 0.220. The lowest BCUT2D eigenvalue weighted by Crippen LogP contribution is -2.58. The van der Waals surface area contributed by atoms with E-state index >= 15 is 0 Å². The minimum Gasteiger partial charge on any atom is -0.480 e. The zero-order valence-corrected chi connectivity index (χ0v) is 20.8. The fraction of sp³-hybridized carbons (Fsp3) is 0.400. The number of aromatic amines is 2. The van der Waals surface area contributed by atoms with E-state index in [1.807, 2.05) is 44.3 Å². The zero-order valence-electron chi connectivity index (χ0n) is 20.8. The Balaban J connectivity index is 1.70. The number of carbonyl (C=O) groups excluding carboxylic acids is 3. The van der Waals surface area contributed by atoms with Crippen LogP contribution in [0.1, 0.15) is 31.5 Å². The highest BCUT2D eigenvalue weighted by molar-refractivity contribution is 5.94. The number of benzene rings is 1. The number of rotatable bonds is 13. The van der Waals surface area contributed by atoms with Crippen molar-refractivity contribution >= 4 is 34.6 Å². The number of aliphatic carboxylic acids is 1. The fourth-order valence-electron chi connectivity index (χ4n) is 3.97. The van der Waals surface area contributed by atoms with Crippen molar-refractivity contribution in [1.82, 2.24) is 30.9 Å². The second-order valence-electron chi connectivity index (χ2n) is 9.00. The van der Waals surface area contributed by atoms with Crippen molar-refractivity contribution in [2.24, 2.45) is 11.7 Å². The normalized spacial score (nSPS) is 14.4. The van der Waals surface area contributed by atoms with Crippen LogP contribution >= 0.6 is 0 Å². The molecule has 0 saturated carbocycles. The van der Waals surface area contributed by atoms with Crippen LogP contribution in [0.15, 0.2) is 43.0 Å². The van der Waals surface area contributed by atoms with Gasteiger partial charge in [-0.3, -0.25) is 19.2 Å². The Morgan fingerprint density at radius 3 is 2.49 bits per heavy atom. The molecule has 0 aliphatic carbocycles. The largest absolute Gasteiger partial charge is 0.480 e. The quantitative estimate of drug-likeness (QED) is 0.170. The van der Waals surface area contributed by atoms with E-state index < -0.39 is 48.4 Å². The lowest BCUT2D eigenvalue weighted by atomic mass is 9.96. The molecule has 3 aromatic rings. The van der Waals surface area contributed by atoms with Crippen molar-refractivity contribution in [3.8, 4) is 0 Å². The highest BCUT2D eigenvalue weighted by Crippen LogP contribution is 2.19. The van der Waals surface area contributed by atoms with Crippen molar-refractivity contribution in [2.45, 2.75) is 51.2 Å². The van der Waals surface area contributed by atoms with Crippen LogP contribution in [-0.4, -0.2) is 68.4 Å². The van der Waals surface area contributed by atoms with Gasteiger partial charge in [0.1, 0.15) is 18.6 Å². The predicted molar refractivity (Wildman–Crippen MR) is 136 cm³/mol. The third-order valence-electron chi connectivity index (χ3n) is 6.27. The molecular formula is C25H33N7O5. The molecule has 12 nitrogen and oxygen atoms in total. The topological polar surface area (TPSA) is 195 Å². The standard InChI is InChI=1S/C25H33N7O5/c1-3-14(2)22(32-23(35)18(26)8-15-10-28-19-7-5-4-6-17(15)19)25(37)31-20(9-16-11-27-13-30-16)24(36)29-12-21(33)34/h4-7,10-11,13-14,18,20,22,28H,3,8-9,12,26H2,1-2H3,(H,27,30)(H,29,36)(H,31,37)(H,32,35)(H,33,34). The van der Waals surface area contributed by atoms with E-state index in [9.17, 15) is 19.2 Å². The second-order valence-corrected chi connectivity index (χ2v) is 9.00. The number of hydrogen-bond acceptors (Lipinski definition) is 6. The van der Waals surface area contributed by atoms with E-state index in [1.54, 1.807) is 0 Å². The summed E-state index contributed by atoms with van der Waals surface area (Å²) < 4.78 is 0. The molecule has 0 saturated heterocycles. The van der Waals surface area contributed by atoms with Gasteiger partial charge in [0.05, 0.1) is 12.4 Å². The number of fused-ring (bicyclic) bond motifs is 1. The molecular weight excluding hydrogens is 478 g/mol. The molecule has 0 bridgehead atoms. The number of nitrogens with two attached hydrogens (primary N) is 1. The first kappa shape index (κ1) is 27.4. The Kier molecular flexibility index (Phi) is 9.39. The van der Waals surface area contributed by atoms with E-state index in [0.717, 1.165) is 16.5 Å². The average Bonchev–Trinajstić information content (AvgIpc) is 3.54. The summed E-state index contributed by atoms with van der Waals surface area (Å²) in [6.45, 7) is 3.09. The Labute approximate surface area is 213 Å². The SMILES string of the molecule is CCC(C)C(NC(=O)C(N)Cc1c[nH]c2ccccc12)C(=O)NC(Cc1cnc[nH]1)C(=O)NCC(=O)O. The maximum absolute atomic E-state index is 13.3. The molecule has 8 N–H and O–H groups in total. The number of imidazole rings is 1. The van der Waals surface area contributed by atoms with Gasteiger partial charge in [0.25, 0.3) is 0 Å². The van der Waals surface area contributed by atoms with Crippen LogP contribution in [0.3, 0.4) is 0 Å². The van der Waals surface area contributed by atoms with Crippen LogP contribution in [0, 0.1) is 5.92 Å². The molecule has 3 amide bonds. The number of hydrogen-bond donors (Lipinski definition) is 7. The van der Waals surface area contributed by atoms with Gasteiger partial charge in [-0.2, -0.15) is 0 Å². The van der Waals surface area contributed by atoms with Gasteiger partial charge in [-0.1, -0.05) is 38.5 Å². The highest BCUT2D eigenvalue weighted by Gasteiger charge is 2.31. The molecule has 2 aromatic heterocycles. The third kappa shape index (κ3) is 7.40. The molecule has 2 heterocycles. The van der Waals surface area contributed by atoms with Crippen molar-refractivity contribution in [2.75, 3.05) is 6.54 Å². The van der Waals surface area contributed by atoms with Gasteiger partial charge in [0.2, 0.25) is 17.7 Å². The van der Waals surface area contributed by atoms with Crippen molar-refractivity contribution < 1.29 is 24.3 Å². The molecule has 0 spiro atoms. The first-order valence-electron chi connectivity index (χ1n) is 12.1. The summed E-state index contributed by atoms with van der Waals surface area (Å²) in [5.74, 6) is -3.22. The van der Waals surface area contributed by atoms with Crippen molar-refractivity contribution in [3.05, 3.63) is 54.2 Å². The Hall–Kier alpha value is -4.19. The Bertz CT molecular complexity index is 1220. The lowest BCUT2D eigenvalue weighted by molar-refractivity contribution is -0.138. The van der Waals surface area contributed by atoms with Crippen molar-refractivity contribution in [1.29, 1.82) is 0 Å². The van der Waals surface area contributed by atoms with Gasteiger partial charge < -0.3 is 36.8 Å². The molecule has 4 atom stereocenters. The summed E-state index contributed by atoms with van der Waals surface area (Å²) in [5.41, 5.74) is 8.60. The molecule has 0 fully saturated rings. The first-order valence-corrected chi connectivity index (χ1v) is 12.1. The molecule has 37 heavy (non-hydrogen) atoms. The van der Waals surface area contributed by atoms with Crippen LogP contribution in [0.5, 0.6) is 0 Å². The molecule has 1 aromatic carbocycles. The van der Waals surface area contributed by atoms with E-state index in [1.165, 1.54) is 12.5 Å². The number of carbonyl (C=O) groups is 4. The number of nitrogens with zero attached hydrogens (tertiary/aromatic N) is 1. The van der Waals surface area contributed by atoms with E-state index in [2.05, 4.69) is 30.9 Å². The summed E-state index contributed by atoms with van der Waals surface area (Å²) >= 11 is 0. The lowest BCUT2D eigenvalue weighted by Gasteiger charge is -2.27. The maximum atomic E-state index is 13.3. The molecule has 0 radical (unpaired) electrons. The highest BCUT2D eigenvalue weighted by atomic mass is 16.4. The number of aromatic nitrogens is 3. The number of nitrogens with one attached hydrogen (secondary N) is 5. The van der Waals surface area contributed by atoms with Gasteiger partial charge in [0, 0.05) is 35.4 Å². The summed E-state index contributed by atoms with van der Waals surface area (Å²) in [6, 6.07) is 4.74. The van der Waals surface area contributed by atoms with Crippen molar-refractivity contribution in [3.63, 3.8) is 0 Å². The Morgan fingerprint density at radius 1 is 1.05 bits per heavy atom. The summed E-state index contributed by atoms with van der Waals surface area (Å²) in [6.07, 6.45) is 5.64. The minimum absolute atomic E-state index is 0.0540. The summed E-state index contributed by atoms with van der Waals surface area (Å²) in [5, 5.41) is 17.6. The third-order valence-corrected chi connectivity index (χ3v) is 6.27. The minimum atomic E-state index is -1.21. The molecule has 4 unspecified atom stereocenters. The maximum Gasteiger partial charge on any atom is 0.322 e. The number of carboxylic acid groups (broad SMARTS) is 1. The fourth-order valence-corrected chi connectivity index (χ4v) is 3.97. The number of amides is 3. The van der Waals surface area contributed by atoms with Gasteiger partial charge in [-0.05, 0) is 24.0 Å². The number of H-pyrrole nitrogens is 2. The van der Waals surface area contributed by atoms with Crippen LogP contribution in [0.2, 0.25) is 0 Å².